The molecule has 1 amide bonds. The van der Waals surface area contributed by atoms with Gasteiger partial charge in [0.2, 0.25) is 0 Å². The van der Waals surface area contributed by atoms with E-state index < -0.39 is 24.3 Å². The predicted octanol–water partition coefficient (Wildman–Crippen LogP) is 2.97. The van der Waals surface area contributed by atoms with Crippen LogP contribution in [-0.2, 0) is 4.79 Å². The van der Waals surface area contributed by atoms with Gasteiger partial charge in [-0.25, -0.2) is 8.78 Å². The minimum atomic E-state index is -4.59. The maximum Gasteiger partial charge on any atom is 0.383 e. The fourth-order valence-corrected chi connectivity index (χ4v) is 1.92. The number of nitrogens with one attached hydrogen (secondary N) is 1. The third-order valence-electron chi connectivity index (χ3n) is 3.25. The molecular weight excluding hydrogens is 238 g/mol. The lowest BCUT2D eigenvalue weighted by molar-refractivity contribution is -0.170. The van der Waals surface area contributed by atoms with Gasteiger partial charge in [0.05, 0.1) is 0 Å². The van der Waals surface area contributed by atoms with Gasteiger partial charge in [-0.2, -0.15) is 8.78 Å². The molecule has 0 radical (unpaired) electrons. The SMILES string of the molecule is CC1(C)CCC(NC(=O)C(F)(F)C(F)F)CC1. The predicted molar refractivity (Wildman–Crippen MR) is 55.1 cm³/mol. The monoisotopic (exact) mass is 255 g/mol. The summed E-state index contributed by atoms with van der Waals surface area (Å²) in [5, 5.41) is 2.01. The third kappa shape index (κ3) is 3.57. The number of amides is 1. The second-order valence-corrected chi connectivity index (χ2v) is 5.34. The minimum absolute atomic E-state index is 0.131. The molecule has 1 aliphatic rings. The molecule has 6 heteroatoms. The molecule has 0 bridgehead atoms. The summed E-state index contributed by atoms with van der Waals surface area (Å²) in [6.07, 6.45) is -1.27. The van der Waals surface area contributed by atoms with Crippen molar-refractivity contribution in [1.82, 2.24) is 5.32 Å². The molecule has 1 rings (SSSR count). The number of rotatable bonds is 3. The highest BCUT2D eigenvalue weighted by Crippen LogP contribution is 2.35. The Bertz CT molecular complexity index is 281. The number of carbonyl (C=O) groups excluding carboxylic acids is 1. The van der Waals surface area contributed by atoms with Crippen LogP contribution in [0.3, 0.4) is 0 Å². The van der Waals surface area contributed by atoms with E-state index >= 15 is 0 Å². The first-order valence-electron chi connectivity index (χ1n) is 5.62. The first-order valence-corrected chi connectivity index (χ1v) is 5.62. The quantitative estimate of drug-likeness (QED) is 0.772. The largest absolute Gasteiger partial charge is 0.383 e. The summed E-state index contributed by atoms with van der Waals surface area (Å²) >= 11 is 0. The van der Waals surface area contributed by atoms with Gasteiger partial charge in [0.15, 0.2) is 0 Å². The molecule has 1 fully saturated rings. The Balaban J connectivity index is 2.49. The second kappa shape index (κ2) is 4.82. The van der Waals surface area contributed by atoms with Crippen LogP contribution in [0.25, 0.3) is 0 Å². The molecule has 0 unspecified atom stereocenters. The highest BCUT2D eigenvalue weighted by Gasteiger charge is 2.49. The van der Waals surface area contributed by atoms with Gasteiger partial charge < -0.3 is 5.32 Å². The van der Waals surface area contributed by atoms with E-state index in [4.69, 9.17) is 0 Å². The first kappa shape index (κ1) is 14.3. The molecule has 0 atom stereocenters. The summed E-state index contributed by atoms with van der Waals surface area (Å²) in [4.78, 5) is 11.0. The van der Waals surface area contributed by atoms with E-state index in [1.165, 1.54) is 0 Å². The van der Waals surface area contributed by atoms with Crippen molar-refractivity contribution in [2.45, 2.75) is 57.9 Å². The van der Waals surface area contributed by atoms with Crippen LogP contribution in [0.4, 0.5) is 17.6 Å². The minimum Gasteiger partial charge on any atom is -0.348 e. The summed E-state index contributed by atoms with van der Waals surface area (Å²) < 4.78 is 49.2. The standard InChI is InChI=1S/C11H17F4NO/c1-10(2)5-3-7(4-6-10)16-9(17)11(14,15)8(12)13/h7-8H,3-6H2,1-2H3,(H,16,17). The van der Waals surface area contributed by atoms with Gasteiger partial charge in [0, 0.05) is 6.04 Å². The van der Waals surface area contributed by atoms with Crippen molar-refractivity contribution in [3.8, 4) is 0 Å². The highest BCUT2D eigenvalue weighted by atomic mass is 19.3. The summed E-state index contributed by atoms with van der Waals surface area (Å²) in [5.74, 6) is -6.45. The van der Waals surface area contributed by atoms with Gasteiger partial charge in [-0.15, -0.1) is 0 Å². The molecule has 17 heavy (non-hydrogen) atoms. The van der Waals surface area contributed by atoms with Crippen molar-refractivity contribution < 1.29 is 22.4 Å². The fourth-order valence-electron chi connectivity index (χ4n) is 1.92. The van der Waals surface area contributed by atoms with Crippen LogP contribution in [0.15, 0.2) is 0 Å². The lowest BCUT2D eigenvalue weighted by Crippen LogP contribution is -2.50. The highest BCUT2D eigenvalue weighted by molar-refractivity contribution is 5.84. The average molecular weight is 255 g/mol. The molecule has 0 heterocycles. The first-order chi connectivity index (χ1) is 7.65. The number of hydrogen-bond acceptors (Lipinski definition) is 1. The summed E-state index contributed by atoms with van der Waals surface area (Å²) in [5.41, 5.74) is 0.131. The van der Waals surface area contributed by atoms with Gasteiger partial charge in [0.25, 0.3) is 5.91 Å². The Morgan fingerprint density at radius 2 is 1.76 bits per heavy atom. The van der Waals surface area contributed by atoms with Crippen LogP contribution in [0.1, 0.15) is 39.5 Å². The van der Waals surface area contributed by atoms with Crippen LogP contribution in [0.2, 0.25) is 0 Å². The molecule has 0 spiro atoms. The lowest BCUT2D eigenvalue weighted by atomic mass is 9.75. The zero-order valence-electron chi connectivity index (χ0n) is 9.90. The van der Waals surface area contributed by atoms with E-state index in [-0.39, 0.29) is 5.41 Å². The molecule has 0 saturated heterocycles. The number of carbonyl (C=O) groups is 1. The topological polar surface area (TPSA) is 29.1 Å². The van der Waals surface area contributed by atoms with Crippen molar-refractivity contribution in [3.05, 3.63) is 0 Å². The molecule has 100 valence electrons. The van der Waals surface area contributed by atoms with Gasteiger partial charge in [0.1, 0.15) is 0 Å². The number of halogens is 4. The Morgan fingerprint density at radius 3 is 2.18 bits per heavy atom. The maximum atomic E-state index is 12.7. The number of alkyl halides is 4. The van der Waals surface area contributed by atoms with Crippen LogP contribution in [-0.4, -0.2) is 24.3 Å². The number of hydrogen-bond donors (Lipinski definition) is 1. The van der Waals surface area contributed by atoms with E-state index in [0.717, 1.165) is 12.8 Å². The molecule has 1 saturated carbocycles. The molecule has 1 N–H and O–H groups in total. The second-order valence-electron chi connectivity index (χ2n) is 5.34. The van der Waals surface area contributed by atoms with E-state index in [1.54, 1.807) is 0 Å². The normalized spacial score (nSPS) is 21.6. The van der Waals surface area contributed by atoms with E-state index in [1.807, 2.05) is 5.32 Å². The van der Waals surface area contributed by atoms with Gasteiger partial charge >= 0.3 is 12.3 Å². The summed E-state index contributed by atoms with van der Waals surface area (Å²) in [7, 11) is 0. The molecule has 0 aromatic rings. The lowest BCUT2D eigenvalue weighted by Gasteiger charge is -2.35. The Kier molecular flexibility index (Phi) is 4.04. The van der Waals surface area contributed by atoms with Gasteiger partial charge in [-0.05, 0) is 31.1 Å². The Labute approximate surface area is 97.8 Å². The zero-order chi connectivity index (χ0) is 13.3. The zero-order valence-corrected chi connectivity index (χ0v) is 9.90. The van der Waals surface area contributed by atoms with Crippen LogP contribution < -0.4 is 5.32 Å². The molecule has 0 aromatic heterocycles. The molecule has 1 aliphatic carbocycles. The molecule has 0 aromatic carbocycles. The van der Waals surface area contributed by atoms with E-state index in [0.29, 0.717) is 12.8 Å². The molecule has 2 nitrogen and oxygen atoms in total. The van der Waals surface area contributed by atoms with Gasteiger partial charge in [-0.1, -0.05) is 13.8 Å². The van der Waals surface area contributed by atoms with Crippen LogP contribution in [0, 0.1) is 5.41 Å². The van der Waals surface area contributed by atoms with Crippen LogP contribution >= 0.6 is 0 Å². The maximum absolute atomic E-state index is 12.7. The van der Waals surface area contributed by atoms with Crippen molar-refractivity contribution >= 4 is 5.91 Å². The summed E-state index contributed by atoms with van der Waals surface area (Å²) in [6.45, 7) is 4.11. The van der Waals surface area contributed by atoms with Crippen LogP contribution in [0.5, 0.6) is 0 Å². The van der Waals surface area contributed by atoms with Crippen molar-refractivity contribution in [2.75, 3.05) is 0 Å². The van der Waals surface area contributed by atoms with Crippen molar-refractivity contribution in [1.29, 1.82) is 0 Å². The molecule has 0 aliphatic heterocycles. The van der Waals surface area contributed by atoms with Crippen molar-refractivity contribution in [3.63, 3.8) is 0 Å². The van der Waals surface area contributed by atoms with Gasteiger partial charge in [-0.3, -0.25) is 4.79 Å². The van der Waals surface area contributed by atoms with Crippen molar-refractivity contribution in [2.24, 2.45) is 5.41 Å². The summed E-state index contributed by atoms with van der Waals surface area (Å²) in [6, 6.07) is -0.417. The van der Waals surface area contributed by atoms with E-state index in [2.05, 4.69) is 13.8 Å². The Hall–Kier alpha value is -0.810. The van der Waals surface area contributed by atoms with E-state index in [9.17, 15) is 22.4 Å². The third-order valence-corrected chi connectivity index (χ3v) is 3.25. The average Bonchev–Trinajstić information content (AvgIpc) is 2.20. The Morgan fingerprint density at radius 1 is 1.29 bits per heavy atom. The smallest absolute Gasteiger partial charge is 0.348 e. The fraction of sp³-hybridized carbons (Fsp3) is 0.909. The molecular formula is C11H17F4NO.